The molecular formula is C16H14N3O4-. The molecule has 7 heteroatoms. The smallest absolute Gasteiger partial charge is 0.276 e. The lowest BCUT2D eigenvalue weighted by Gasteiger charge is -2.09. The molecule has 0 aliphatic rings. The van der Waals surface area contributed by atoms with E-state index < -0.39 is 17.2 Å². The van der Waals surface area contributed by atoms with Gasteiger partial charge in [0.2, 0.25) is 0 Å². The van der Waals surface area contributed by atoms with Crippen molar-refractivity contribution in [3.8, 4) is 11.1 Å². The number of aliphatic hydroxyl groups is 1. The van der Waals surface area contributed by atoms with Crippen LogP contribution in [-0.2, 0) is 6.42 Å². The Balaban J connectivity index is 2.40. The Kier molecular flexibility index (Phi) is 3.71. The summed E-state index contributed by atoms with van der Waals surface area (Å²) in [6, 6.07) is 9.25. The number of nitrogens with one attached hydrogen (secondary N) is 1. The van der Waals surface area contributed by atoms with Gasteiger partial charge in [-0.25, -0.2) is 9.50 Å². The molecule has 3 rings (SSSR count). The number of rotatable bonds is 4. The number of H-pyrrole nitrogens is 1. The molecular weight excluding hydrogens is 298 g/mol. The molecule has 0 aliphatic carbocycles. The van der Waals surface area contributed by atoms with E-state index in [2.05, 4.69) is 10.1 Å². The first-order chi connectivity index (χ1) is 11.0. The molecule has 1 aromatic carbocycles. The predicted octanol–water partition coefficient (Wildman–Crippen LogP) is -0.104. The summed E-state index contributed by atoms with van der Waals surface area (Å²) in [7, 11) is 0. The first-order valence-electron chi connectivity index (χ1n) is 7.06. The number of aliphatic hydroxyl groups excluding tert-OH is 1. The summed E-state index contributed by atoms with van der Waals surface area (Å²) in [4.78, 5) is 28.0. The van der Waals surface area contributed by atoms with Crippen LogP contribution in [0, 0.1) is 6.92 Å². The Bertz CT molecular complexity index is 941. The van der Waals surface area contributed by atoms with Gasteiger partial charge in [0, 0.05) is 29.8 Å². The lowest BCUT2D eigenvalue weighted by Crippen LogP contribution is -2.32. The number of carbonyl (C=O) groups is 1. The Labute approximate surface area is 130 Å². The summed E-state index contributed by atoms with van der Waals surface area (Å²) >= 11 is 0. The number of carbonyl (C=O) groups excluding carboxylic acids is 1. The van der Waals surface area contributed by atoms with E-state index in [4.69, 9.17) is 5.11 Å². The van der Waals surface area contributed by atoms with Gasteiger partial charge in [-0.1, -0.05) is 30.3 Å². The van der Waals surface area contributed by atoms with Crippen LogP contribution in [0.4, 0.5) is 0 Å². The first kappa shape index (κ1) is 15.0. The van der Waals surface area contributed by atoms with Crippen molar-refractivity contribution in [2.45, 2.75) is 13.3 Å². The zero-order valence-corrected chi connectivity index (χ0v) is 12.4. The van der Waals surface area contributed by atoms with Crippen molar-refractivity contribution in [2.24, 2.45) is 0 Å². The fourth-order valence-corrected chi connectivity index (χ4v) is 2.67. The number of aromatic nitrogens is 3. The van der Waals surface area contributed by atoms with Crippen molar-refractivity contribution in [1.29, 1.82) is 0 Å². The molecule has 0 unspecified atom stereocenters. The number of carboxylic acids is 1. The molecule has 0 amide bonds. The van der Waals surface area contributed by atoms with Crippen molar-refractivity contribution in [3.05, 3.63) is 57.6 Å². The summed E-state index contributed by atoms with van der Waals surface area (Å²) in [6.45, 7) is 1.43. The minimum absolute atomic E-state index is 0.0779. The Hall–Kier alpha value is -2.93. The molecule has 0 atom stereocenters. The van der Waals surface area contributed by atoms with Gasteiger partial charge in [-0.05, 0) is 12.5 Å². The van der Waals surface area contributed by atoms with Crippen molar-refractivity contribution < 1.29 is 15.0 Å². The molecule has 2 heterocycles. The molecule has 2 aromatic heterocycles. The molecule has 0 saturated heterocycles. The van der Waals surface area contributed by atoms with Crippen LogP contribution in [0.25, 0.3) is 16.8 Å². The Morgan fingerprint density at radius 2 is 2.04 bits per heavy atom. The van der Waals surface area contributed by atoms with Gasteiger partial charge in [-0.3, -0.25) is 9.89 Å². The highest BCUT2D eigenvalue weighted by Crippen LogP contribution is 2.26. The molecule has 2 N–H and O–H groups in total. The molecule has 118 valence electrons. The van der Waals surface area contributed by atoms with Gasteiger partial charge in [0.15, 0.2) is 5.65 Å². The largest absolute Gasteiger partial charge is 0.543 e. The second-order valence-electron chi connectivity index (χ2n) is 5.14. The van der Waals surface area contributed by atoms with E-state index in [1.165, 1.54) is 4.52 Å². The zero-order chi connectivity index (χ0) is 16.6. The average molecular weight is 312 g/mol. The van der Waals surface area contributed by atoms with Gasteiger partial charge in [0.05, 0.1) is 11.7 Å². The van der Waals surface area contributed by atoms with Crippen molar-refractivity contribution in [3.63, 3.8) is 0 Å². The SMILES string of the molecule is Cc1[nH]n2c(=O)c(CCO)c(C(=O)[O-])nc2c1-c1ccccc1. The maximum absolute atomic E-state index is 12.5. The molecule has 0 bridgehead atoms. The summed E-state index contributed by atoms with van der Waals surface area (Å²) in [5.74, 6) is -1.54. The molecule has 0 radical (unpaired) electrons. The molecule has 0 fully saturated rings. The topological polar surface area (TPSA) is 111 Å². The van der Waals surface area contributed by atoms with E-state index in [0.717, 1.165) is 5.56 Å². The number of nitrogens with zero attached hydrogens (tertiary/aromatic N) is 2. The van der Waals surface area contributed by atoms with Crippen LogP contribution in [0.2, 0.25) is 0 Å². The Morgan fingerprint density at radius 3 is 2.65 bits per heavy atom. The third kappa shape index (κ3) is 2.40. The van der Waals surface area contributed by atoms with Crippen molar-refractivity contribution in [2.75, 3.05) is 6.61 Å². The molecule has 23 heavy (non-hydrogen) atoms. The van der Waals surface area contributed by atoms with Gasteiger partial charge >= 0.3 is 0 Å². The van der Waals surface area contributed by atoms with Crippen molar-refractivity contribution in [1.82, 2.24) is 14.6 Å². The number of benzene rings is 1. The fourth-order valence-electron chi connectivity index (χ4n) is 2.67. The van der Waals surface area contributed by atoms with E-state index in [-0.39, 0.29) is 24.2 Å². The highest BCUT2D eigenvalue weighted by Gasteiger charge is 2.19. The van der Waals surface area contributed by atoms with E-state index >= 15 is 0 Å². The zero-order valence-electron chi connectivity index (χ0n) is 12.4. The minimum atomic E-state index is -1.54. The van der Waals surface area contributed by atoms with Crippen LogP contribution in [0.15, 0.2) is 35.1 Å². The highest BCUT2D eigenvalue weighted by atomic mass is 16.4. The normalized spacial score (nSPS) is 11.0. The molecule has 3 aromatic rings. The molecule has 7 nitrogen and oxygen atoms in total. The van der Waals surface area contributed by atoms with Crippen LogP contribution in [0.3, 0.4) is 0 Å². The summed E-state index contributed by atoms with van der Waals surface area (Å²) < 4.78 is 1.20. The van der Waals surface area contributed by atoms with Crippen LogP contribution in [0.1, 0.15) is 21.7 Å². The molecule has 0 aliphatic heterocycles. The van der Waals surface area contributed by atoms with Gasteiger partial charge in [0.1, 0.15) is 0 Å². The third-order valence-corrected chi connectivity index (χ3v) is 3.67. The first-order valence-corrected chi connectivity index (χ1v) is 7.06. The Morgan fingerprint density at radius 1 is 1.35 bits per heavy atom. The van der Waals surface area contributed by atoms with E-state index in [1.54, 1.807) is 6.92 Å². The number of hydrogen-bond acceptors (Lipinski definition) is 5. The summed E-state index contributed by atoms with van der Waals surface area (Å²) in [6.07, 6.45) is -0.100. The van der Waals surface area contributed by atoms with Gasteiger partial charge < -0.3 is 15.0 Å². The van der Waals surface area contributed by atoms with Gasteiger partial charge in [0.25, 0.3) is 5.56 Å². The average Bonchev–Trinajstić information content (AvgIpc) is 2.87. The third-order valence-electron chi connectivity index (χ3n) is 3.67. The number of fused-ring (bicyclic) bond motifs is 1. The fraction of sp³-hybridized carbons (Fsp3) is 0.188. The number of carboxylic acid groups (broad SMARTS) is 1. The number of hydrogen-bond donors (Lipinski definition) is 2. The van der Waals surface area contributed by atoms with Gasteiger partial charge in [-0.2, -0.15) is 0 Å². The van der Waals surface area contributed by atoms with Gasteiger partial charge in [-0.15, -0.1) is 0 Å². The summed E-state index contributed by atoms with van der Waals surface area (Å²) in [5.41, 5.74) is 1.32. The minimum Gasteiger partial charge on any atom is -0.543 e. The second kappa shape index (κ2) is 5.69. The van der Waals surface area contributed by atoms with E-state index in [0.29, 0.717) is 11.3 Å². The standard InChI is InChI=1S/C16H15N3O4/c1-9-12(10-5-3-2-4-6-10)14-17-13(16(22)23)11(7-8-20)15(21)19(14)18-9/h2-6,18,20H,7-8H2,1H3,(H,22,23)/p-1. The number of aromatic carboxylic acids is 1. The monoisotopic (exact) mass is 312 g/mol. The van der Waals surface area contributed by atoms with E-state index in [9.17, 15) is 14.7 Å². The predicted molar refractivity (Wildman–Crippen MR) is 81.1 cm³/mol. The van der Waals surface area contributed by atoms with E-state index in [1.807, 2.05) is 30.3 Å². The van der Waals surface area contributed by atoms with Crippen LogP contribution >= 0.6 is 0 Å². The number of aromatic amines is 1. The lowest BCUT2D eigenvalue weighted by molar-refractivity contribution is -0.255. The number of aryl methyl sites for hydroxylation is 1. The van der Waals surface area contributed by atoms with Crippen molar-refractivity contribution >= 4 is 11.6 Å². The highest BCUT2D eigenvalue weighted by molar-refractivity contribution is 5.88. The second-order valence-corrected chi connectivity index (χ2v) is 5.14. The van der Waals surface area contributed by atoms with Crippen LogP contribution in [0.5, 0.6) is 0 Å². The van der Waals surface area contributed by atoms with Crippen LogP contribution in [-0.4, -0.2) is 32.3 Å². The quantitative estimate of drug-likeness (QED) is 0.699. The molecule has 0 spiro atoms. The maximum Gasteiger partial charge on any atom is 0.276 e. The lowest BCUT2D eigenvalue weighted by atomic mass is 10.1. The van der Waals surface area contributed by atoms with Crippen LogP contribution < -0.4 is 10.7 Å². The molecule has 0 saturated carbocycles. The summed E-state index contributed by atoms with van der Waals surface area (Å²) in [5, 5.41) is 23.3. The maximum atomic E-state index is 12.5.